The maximum Gasteiger partial charge on any atom is 0.416 e. The molecule has 2 heterocycles. The van der Waals surface area contributed by atoms with E-state index >= 15 is 0 Å². The van der Waals surface area contributed by atoms with Crippen LogP contribution < -0.4 is 4.72 Å². The molecule has 0 spiro atoms. The van der Waals surface area contributed by atoms with Gasteiger partial charge >= 0.3 is 6.18 Å². The number of piperazine rings is 1. The number of pyridine rings is 1. The van der Waals surface area contributed by atoms with Gasteiger partial charge in [0.2, 0.25) is 4.90 Å². The molecule has 1 N–H and O–H groups in total. The van der Waals surface area contributed by atoms with Crippen LogP contribution in [0.3, 0.4) is 0 Å². The number of aromatic nitrogens is 1. The minimum absolute atomic E-state index is 0.000761. The maximum absolute atomic E-state index is 14.9. The number of nitrogens with zero attached hydrogens (tertiary/aromatic N) is 3. The number of para-hydroxylation sites is 1. The molecule has 4 aromatic rings. The summed E-state index contributed by atoms with van der Waals surface area (Å²) in [5, 5.41) is 0.811. The Bertz CT molecular complexity index is 1470. The molecule has 1 amide bonds. The van der Waals surface area contributed by atoms with Gasteiger partial charge in [0.25, 0.3) is 5.91 Å². The van der Waals surface area contributed by atoms with Gasteiger partial charge in [-0.25, -0.2) is 9.11 Å². The van der Waals surface area contributed by atoms with Gasteiger partial charge in [0, 0.05) is 49.9 Å². The quantitative estimate of drug-likeness (QED) is 0.251. The number of rotatable bonds is 6. The van der Waals surface area contributed by atoms with E-state index in [1.54, 1.807) is 29.3 Å². The van der Waals surface area contributed by atoms with Gasteiger partial charge in [-0.3, -0.25) is 14.7 Å². The fourth-order valence-corrected chi connectivity index (χ4v) is 5.48. The molecule has 1 aliphatic heterocycles. The van der Waals surface area contributed by atoms with Crippen LogP contribution in [0.2, 0.25) is 0 Å². The number of halogens is 4. The Hall–Kier alpha value is -3.67. The Morgan fingerprint density at radius 2 is 1.69 bits per heavy atom. The van der Waals surface area contributed by atoms with Gasteiger partial charge in [-0.2, -0.15) is 13.2 Å². The summed E-state index contributed by atoms with van der Waals surface area (Å²) in [4.78, 5) is 21.4. The van der Waals surface area contributed by atoms with Crippen molar-refractivity contribution in [1.82, 2.24) is 14.8 Å². The Morgan fingerprint density at radius 1 is 0.974 bits per heavy atom. The molecule has 11 heteroatoms. The van der Waals surface area contributed by atoms with E-state index in [2.05, 4.69) is 14.6 Å². The number of anilines is 1. The lowest BCUT2D eigenvalue weighted by atomic mass is 10.1. The van der Waals surface area contributed by atoms with Crippen LogP contribution in [0.5, 0.6) is 0 Å². The summed E-state index contributed by atoms with van der Waals surface area (Å²) < 4.78 is 68.8. The normalized spacial score (nSPS) is 15.4. The standard InChI is InChI=1S/C28H24F4N4O2S/c29-23-17-21(8-11-24(23)34-39(38)25-5-1-3-20-4-2-12-33-26(20)25)27(37)36-15-13-35(14-16-36)18-19-6-9-22(10-7-19)28(30,31)32/h1-12,17,34H,13-16,18H2. The Morgan fingerprint density at radius 3 is 2.38 bits per heavy atom. The molecule has 3 aromatic carbocycles. The number of fused-ring (bicyclic) bond motifs is 1. The summed E-state index contributed by atoms with van der Waals surface area (Å²) in [5.41, 5.74) is 0.790. The molecular formula is C28H24F4N4O2S. The summed E-state index contributed by atoms with van der Waals surface area (Å²) in [6.45, 7) is 2.34. The molecular weight excluding hydrogens is 532 g/mol. The van der Waals surface area contributed by atoms with Crippen molar-refractivity contribution < 1.29 is 26.9 Å². The average Bonchev–Trinajstić information content (AvgIpc) is 2.93. The first kappa shape index (κ1) is 26.9. The molecule has 0 saturated carbocycles. The highest BCUT2D eigenvalue weighted by Gasteiger charge is 2.30. The fraction of sp³-hybridized carbons (Fsp3) is 0.214. The van der Waals surface area contributed by atoms with Crippen LogP contribution in [0.15, 0.2) is 83.9 Å². The molecule has 1 aromatic heterocycles. The zero-order chi connectivity index (χ0) is 27.6. The smallest absolute Gasteiger partial charge is 0.416 e. The number of hydrogen-bond donors (Lipinski definition) is 1. The SMILES string of the molecule is O=C(c1ccc(N[S+]([O-])c2cccc3cccnc23)c(F)c1)N1CCN(Cc2ccc(C(F)(F)F)cc2)CC1. The number of alkyl halides is 3. The lowest BCUT2D eigenvalue weighted by Gasteiger charge is -2.34. The Labute approximate surface area is 225 Å². The van der Waals surface area contributed by atoms with E-state index in [0.29, 0.717) is 43.1 Å². The van der Waals surface area contributed by atoms with Crippen LogP contribution in [-0.4, -0.2) is 51.4 Å². The van der Waals surface area contributed by atoms with Crippen LogP contribution in [0, 0.1) is 5.82 Å². The van der Waals surface area contributed by atoms with Crippen molar-refractivity contribution >= 4 is 33.9 Å². The second-order valence-corrected chi connectivity index (χ2v) is 10.3. The van der Waals surface area contributed by atoms with E-state index in [9.17, 15) is 26.9 Å². The monoisotopic (exact) mass is 556 g/mol. The van der Waals surface area contributed by atoms with E-state index in [1.807, 2.05) is 12.1 Å². The zero-order valence-corrected chi connectivity index (χ0v) is 21.4. The van der Waals surface area contributed by atoms with E-state index in [1.165, 1.54) is 24.3 Å². The summed E-state index contributed by atoms with van der Waals surface area (Å²) in [7, 11) is 0. The topological polar surface area (TPSA) is 71.5 Å². The molecule has 1 saturated heterocycles. The van der Waals surface area contributed by atoms with Gasteiger partial charge in [-0.15, -0.1) is 0 Å². The van der Waals surface area contributed by atoms with Crippen molar-refractivity contribution in [3.05, 3.63) is 102 Å². The summed E-state index contributed by atoms with van der Waals surface area (Å²) >= 11 is -1.78. The van der Waals surface area contributed by atoms with Crippen molar-refractivity contribution in [2.45, 2.75) is 17.6 Å². The Kier molecular flexibility index (Phi) is 7.74. The molecule has 0 bridgehead atoms. The number of nitrogens with one attached hydrogen (secondary N) is 1. The zero-order valence-electron chi connectivity index (χ0n) is 20.6. The van der Waals surface area contributed by atoms with Crippen molar-refractivity contribution in [1.29, 1.82) is 0 Å². The van der Waals surface area contributed by atoms with E-state index in [0.717, 1.165) is 29.1 Å². The lowest BCUT2D eigenvalue weighted by Crippen LogP contribution is -2.48. The highest BCUT2D eigenvalue weighted by molar-refractivity contribution is 7.93. The van der Waals surface area contributed by atoms with Gasteiger partial charge < -0.3 is 9.45 Å². The van der Waals surface area contributed by atoms with Crippen LogP contribution in [0.25, 0.3) is 10.9 Å². The third kappa shape index (κ3) is 6.16. The predicted octanol–water partition coefficient (Wildman–Crippen LogP) is 5.49. The predicted molar refractivity (Wildman–Crippen MR) is 141 cm³/mol. The van der Waals surface area contributed by atoms with E-state index in [-0.39, 0.29) is 17.2 Å². The largest absolute Gasteiger partial charge is 0.588 e. The van der Waals surface area contributed by atoms with Crippen LogP contribution in [-0.2, 0) is 24.1 Å². The van der Waals surface area contributed by atoms with Gasteiger partial charge in [0.05, 0.1) is 5.56 Å². The fourth-order valence-electron chi connectivity index (χ4n) is 4.46. The van der Waals surface area contributed by atoms with Crippen molar-refractivity contribution in [2.75, 3.05) is 30.9 Å². The summed E-state index contributed by atoms with van der Waals surface area (Å²) in [6, 6.07) is 17.9. The molecule has 5 rings (SSSR count). The second-order valence-electron chi connectivity index (χ2n) is 9.16. The molecule has 1 aliphatic rings. The third-order valence-electron chi connectivity index (χ3n) is 6.56. The molecule has 0 aliphatic carbocycles. The summed E-state index contributed by atoms with van der Waals surface area (Å²) in [5.74, 6) is -1.03. The molecule has 0 radical (unpaired) electrons. The first-order valence-electron chi connectivity index (χ1n) is 12.2. The molecule has 6 nitrogen and oxygen atoms in total. The van der Waals surface area contributed by atoms with Crippen LogP contribution in [0.4, 0.5) is 23.2 Å². The average molecular weight is 557 g/mol. The molecule has 1 fully saturated rings. The van der Waals surface area contributed by atoms with Crippen molar-refractivity contribution in [3.8, 4) is 0 Å². The minimum Gasteiger partial charge on any atom is -0.588 e. The third-order valence-corrected chi connectivity index (χ3v) is 7.70. The number of carbonyl (C=O) groups is 1. The Balaban J connectivity index is 1.18. The maximum atomic E-state index is 14.9. The number of benzene rings is 3. The van der Waals surface area contributed by atoms with Gasteiger partial charge in [0.1, 0.15) is 22.6 Å². The minimum atomic E-state index is -4.37. The lowest BCUT2D eigenvalue weighted by molar-refractivity contribution is -0.137. The van der Waals surface area contributed by atoms with Crippen molar-refractivity contribution in [2.24, 2.45) is 0 Å². The van der Waals surface area contributed by atoms with E-state index in [4.69, 9.17) is 0 Å². The number of amides is 1. The van der Waals surface area contributed by atoms with E-state index < -0.39 is 28.9 Å². The van der Waals surface area contributed by atoms with Gasteiger partial charge in [0.15, 0.2) is 5.82 Å². The second kappa shape index (κ2) is 11.2. The van der Waals surface area contributed by atoms with Crippen LogP contribution in [0.1, 0.15) is 21.5 Å². The van der Waals surface area contributed by atoms with Gasteiger partial charge in [-0.1, -0.05) is 30.3 Å². The van der Waals surface area contributed by atoms with Crippen LogP contribution >= 0.6 is 0 Å². The first-order chi connectivity index (χ1) is 18.7. The molecule has 202 valence electrons. The number of hydrogen-bond acceptors (Lipinski definition) is 5. The molecule has 39 heavy (non-hydrogen) atoms. The highest BCUT2D eigenvalue weighted by Crippen LogP contribution is 2.29. The van der Waals surface area contributed by atoms with Gasteiger partial charge in [-0.05, 0) is 48.0 Å². The first-order valence-corrected chi connectivity index (χ1v) is 13.3. The van der Waals surface area contributed by atoms with Crippen molar-refractivity contribution in [3.63, 3.8) is 0 Å². The summed E-state index contributed by atoms with van der Waals surface area (Å²) in [6.07, 6.45) is -2.78. The molecule has 1 unspecified atom stereocenters. The molecule has 1 atom stereocenters. The highest BCUT2D eigenvalue weighted by atomic mass is 32.2. The number of carbonyl (C=O) groups excluding carboxylic acids is 1.